The summed E-state index contributed by atoms with van der Waals surface area (Å²) in [7, 11) is 0. The van der Waals surface area contributed by atoms with Crippen molar-refractivity contribution in [3.8, 4) is 5.69 Å². The Balaban J connectivity index is 2.37. The Morgan fingerprint density at radius 3 is 2.33 bits per heavy atom. The van der Waals surface area contributed by atoms with Crippen LogP contribution < -0.4 is 0 Å². The van der Waals surface area contributed by atoms with Crippen LogP contribution in [0.1, 0.15) is 16.1 Å². The van der Waals surface area contributed by atoms with Crippen LogP contribution >= 0.6 is 0 Å². The molecular weight excluding hydrogens is 304 g/mol. The second kappa shape index (κ2) is 4.86. The first-order valence-corrected chi connectivity index (χ1v) is 5.30. The van der Waals surface area contributed by atoms with Gasteiger partial charge in [0.25, 0.3) is 5.78 Å². The number of rotatable bonds is 2. The van der Waals surface area contributed by atoms with E-state index in [1.54, 1.807) is 0 Å². The van der Waals surface area contributed by atoms with Crippen LogP contribution in [0.25, 0.3) is 5.69 Å². The molecule has 2 rings (SSSR count). The fourth-order valence-electron chi connectivity index (χ4n) is 1.46. The number of carbonyl (C=O) groups is 1. The molecule has 1 aromatic carbocycles. The minimum Gasteiger partial charge on any atom is -0.282 e. The van der Waals surface area contributed by atoms with Crippen molar-refractivity contribution >= 4 is 5.78 Å². The van der Waals surface area contributed by atoms with Gasteiger partial charge in [0.15, 0.2) is 5.69 Å². The van der Waals surface area contributed by atoms with Gasteiger partial charge in [-0.3, -0.25) is 4.79 Å². The molecule has 0 bridgehead atoms. The van der Waals surface area contributed by atoms with Gasteiger partial charge in [0, 0.05) is 0 Å². The third-order valence-corrected chi connectivity index (χ3v) is 2.42. The zero-order valence-electron chi connectivity index (χ0n) is 9.90. The van der Waals surface area contributed by atoms with E-state index in [4.69, 9.17) is 0 Å². The summed E-state index contributed by atoms with van der Waals surface area (Å²) in [4.78, 5) is 10.9. The Morgan fingerprint density at radius 1 is 1.10 bits per heavy atom. The molecular formula is C11H5F6N3O. The van der Waals surface area contributed by atoms with Crippen molar-refractivity contribution in [3.63, 3.8) is 0 Å². The van der Waals surface area contributed by atoms with Crippen LogP contribution in [0, 0.1) is 0 Å². The highest BCUT2D eigenvalue weighted by atomic mass is 19.4. The lowest BCUT2D eigenvalue weighted by Gasteiger charge is -2.08. The van der Waals surface area contributed by atoms with Crippen LogP contribution in [0.15, 0.2) is 30.5 Å². The highest BCUT2D eigenvalue weighted by molar-refractivity contribution is 5.98. The van der Waals surface area contributed by atoms with Crippen LogP contribution in [-0.4, -0.2) is 27.0 Å². The second-order valence-electron chi connectivity index (χ2n) is 3.92. The number of carbonyl (C=O) groups excluding carboxylic acids is 1. The van der Waals surface area contributed by atoms with Gasteiger partial charge >= 0.3 is 12.4 Å². The molecule has 0 N–H and O–H groups in total. The van der Waals surface area contributed by atoms with E-state index >= 15 is 0 Å². The average Bonchev–Trinajstić information content (AvgIpc) is 2.85. The molecule has 10 heteroatoms. The number of alkyl halides is 6. The van der Waals surface area contributed by atoms with Gasteiger partial charge in [-0.25, -0.2) is 4.68 Å². The highest BCUT2D eigenvalue weighted by Gasteiger charge is 2.41. The molecule has 0 atom stereocenters. The standard InChI is InChI=1S/C11H5F6N3O/c12-10(13,14)6-2-1-3-7(4-6)20-5-8(18-19-20)9(21)11(15,16)17/h1-5H. The van der Waals surface area contributed by atoms with Crippen molar-refractivity contribution in [3.05, 3.63) is 41.7 Å². The largest absolute Gasteiger partial charge is 0.456 e. The maximum atomic E-state index is 12.5. The molecule has 0 aliphatic rings. The van der Waals surface area contributed by atoms with Gasteiger partial charge in [-0.2, -0.15) is 26.3 Å². The van der Waals surface area contributed by atoms with E-state index in [-0.39, 0.29) is 5.69 Å². The first-order valence-electron chi connectivity index (χ1n) is 5.30. The van der Waals surface area contributed by atoms with Gasteiger partial charge in [-0.1, -0.05) is 11.3 Å². The van der Waals surface area contributed by atoms with Gasteiger partial charge in [-0.05, 0) is 18.2 Å². The summed E-state index contributed by atoms with van der Waals surface area (Å²) < 4.78 is 74.8. The van der Waals surface area contributed by atoms with Gasteiger partial charge in [0.2, 0.25) is 0 Å². The second-order valence-corrected chi connectivity index (χ2v) is 3.92. The SMILES string of the molecule is O=C(c1cn(-c2cccc(C(F)(F)F)c2)nn1)C(F)(F)F. The fourth-order valence-corrected chi connectivity index (χ4v) is 1.46. The average molecular weight is 309 g/mol. The molecule has 4 nitrogen and oxygen atoms in total. The van der Waals surface area contributed by atoms with Gasteiger partial charge in [0.1, 0.15) is 0 Å². The van der Waals surface area contributed by atoms with Crippen molar-refractivity contribution in [2.45, 2.75) is 12.4 Å². The summed E-state index contributed by atoms with van der Waals surface area (Å²) >= 11 is 0. The van der Waals surface area contributed by atoms with Crippen molar-refractivity contribution < 1.29 is 31.1 Å². The maximum absolute atomic E-state index is 12.5. The molecule has 0 saturated carbocycles. The van der Waals surface area contributed by atoms with Crippen LogP contribution in [0.5, 0.6) is 0 Å². The van der Waals surface area contributed by atoms with E-state index < -0.39 is 29.4 Å². The van der Waals surface area contributed by atoms with Crippen LogP contribution in [0.2, 0.25) is 0 Å². The monoisotopic (exact) mass is 309 g/mol. The summed E-state index contributed by atoms with van der Waals surface area (Å²) in [6.45, 7) is 0. The number of benzene rings is 1. The number of ketones is 1. The Kier molecular flexibility index (Phi) is 3.47. The Bertz CT molecular complexity index is 673. The molecule has 0 aliphatic carbocycles. The molecule has 0 amide bonds. The van der Waals surface area contributed by atoms with Gasteiger partial charge in [-0.15, -0.1) is 5.10 Å². The molecule has 2 aromatic rings. The number of aromatic nitrogens is 3. The molecule has 21 heavy (non-hydrogen) atoms. The zero-order chi connectivity index (χ0) is 15.8. The van der Waals surface area contributed by atoms with E-state index in [1.165, 1.54) is 6.07 Å². The predicted octanol–water partition coefficient (Wildman–Crippen LogP) is 3.03. The normalized spacial score (nSPS) is 12.5. The minimum absolute atomic E-state index is 0.168. The summed E-state index contributed by atoms with van der Waals surface area (Å²) in [6, 6.07) is 3.72. The maximum Gasteiger partial charge on any atom is 0.456 e. The fraction of sp³-hybridized carbons (Fsp3) is 0.182. The first kappa shape index (κ1) is 15.0. The highest BCUT2D eigenvalue weighted by Crippen LogP contribution is 2.30. The summed E-state index contributed by atoms with van der Waals surface area (Å²) in [5, 5.41) is 6.24. The zero-order valence-corrected chi connectivity index (χ0v) is 9.90. The van der Waals surface area contributed by atoms with Crippen LogP contribution in [-0.2, 0) is 6.18 Å². The molecule has 0 saturated heterocycles. The van der Waals surface area contributed by atoms with Gasteiger partial charge < -0.3 is 0 Å². The van der Waals surface area contributed by atoms with Crippen LogP contribution in [0.4, 0.5) is 26.3 Å². The van der Waals surface area contributed by atoms with E-state index in [1.807, 2.05) is 0 Å². The molecule has 0 unspecified atom stereocenters. The smallest absolute Gasteiger partial charge is 0.282 e. The Hall–Kier alpha value is -2.39. The Morgan fingerprint density at radius 2 is 1.76 bits per heavy atom. The van der Waals surface area contributed by atoms with Gasteiger partial charge in [0.05, 0.1) is 17.4 Å². The van der Waals surface area contributed by atoms with E-state index in [0.29, 0.717) is 16.9 Å². The van der Waals surface area contributed by atoms with E-state index in [9.17, 15) is 31.1 Å². The summed E-state index contributed by atoms with van der Waals surface area (Å²) in [6.07, 6.45) is -9.12. The lowest BCUT2D eigenvalue weighted by Crippen LogP contribution is -2.23. The van der Waals surface area contributed by atoms with Crippen molar-refractivity contribution in [1.29, 1.82) is 0 Å². The first-order chi connectivity index (χ1) is 9.59. The molecule has 0 spiro atoms. The molecule has 112 valence electrons. The number of hydrogen-bond donors (Lipinski definition) is 0. The topological polar surface area (TPSA) is 47.8 Å². The minimum atomic E-state index is -5.13. The lowest BCUT2D eigenvalue weighted by atomic mass is 10.2. The predicted molar refractivity (Wildman–Crippen MR) is 56.7 cm³/mol. The molecule has 1 heterocycles. The third-order valence-electron chi connectivity index (χ3n) is 2.42. The van der Waals surface area contributed by atoms with Crippen molar-refractivity contribution in [2.75, 3.05) is 0 Å². The van der Waals surface area contributed by atoms with E-state index in [0.717, 1.165) is 12.1 Å². The Labute approximate surface area is 113 Å². The lowest BCUT2D eigenvalue weighted by molar-refractivity contribution is -0.137. The summed E-state index contributed by atoms with van der Waals surface area (Å²) in [5.41, 5.74) is -2.17. The quantitative estimate of drug-likeness (QED) is 0.633. The number of Topliss-reactive ketones (excluding diaryl/α,β-unsaturated/α-hetero) is 1. The molecule has 0 radical (unpaired) electrons. The number of hydrogen-bond acceptors (Lipinski definition) is 3. The molecule has 1 aromatic heterocycles. The molecule has 0 fully saturated rings. The van der Waals surface area contributed by atoms with Crippen molar-refractivity contribution in [2.24, 2.45) is 0 Å². The summed E-state index contributed by atoms with van der Waals surface area (Å²) in [5.74, 6) is -2.22. The van der Waals surface area contributed by atoms with E-state index in [2.05, 4.69) is 10.3 Å². The van der Waals surface area contributed by atoms with Crippen molar-refractivity contribution in [1.82, 2.24) is 15.0 Å². The third kappa shape index (κ3) is 3.20. The van der Waals surface area contributed by atoms with Crippen LogP contribution in [0.3, 0.4) is 0 Å². The number of halogens is 6. The molecule has 0 aliphatic heterocycles. The number of nitrogens with zero attached hydrogens (tertiary/aromatic N) is 3.